The fraction of sp³-hybridized carbons (Fsp3) is 0.0769. The second-order valence-corrected chi connectivity index (χ2v) is 7.05. The minimum absolute atomic E-state index is 0.106. The zero-order valence-electron chi connectivity index (χ0n) is 11.3. The van der Waals surface area contributed by atoms with E-state index in [1.807, 2.05) is 4.72 Å². The number of amides is 1. The molecule has 6 nitrogen and oxygen atoms in total. The van der Waals surface area contributed by atoms with E-state index in [4.69, 9.17) is 0 Å². The normalized spacial score (nSPS) is 12.0. The largest absolute Gasteiger partial charge is 0.360 e. The molecule has 0 bridgehead atoms. The topological polar surface area (TPSA) is 91.9 Å². The fourth-order valence-corrected chi connectivity index (χ4v) is 3.77. The summed E-state index contributed by atoms with van der Waals surface area (Å²) in [7, 11) is -4.16. The molecule has 0 radical (unpaired) electrons. The van der Waals surface area contributed by atoms with E-state index in [1.54, 1.807) is 24.3 Å². The van der Waals surface area contributed by atoms with Crippen LogP contribution in [0.25, 0.3) is 10.9 Å². The van der Waals surface area contributed by atoms with Gasteiger partial charge in [0, 0.05) is 22.5 Å². The molecule has 10 heteroatoms. The molecule has 0 aliphatic heterocycles. The summed E-state index contributed by atoms with van der Waals surface area (Å²) >= 11 is 0.589. The van der Waals surface area contributed by atoms with Crippen molar-refractivity contribution in [2.45, 2.75) is 11.3 Å². The number of rotatable bonds is 4. The number of nitrogens with zero attached hydrogens (tertiary/aromatic N) is 1. The second kappa shape index (κ2) is 5.70. The molecule has 0 fully saturated rings. The SMILES string of the molecule is O=C(NS(=O)(=O)c1c[nH]c2ccccc12)c1csc(C(F)F)n1. The number of alkyl halides is 2. The molecule has 120 valence electrons. The quantitative estimate of drug-likeness (QED) is 0.751. The van der Waals surface area contributed by atoms with Crippen molar-refractivity contribution in [3.05, 3.63) is 46.5 Å². The van der Waals surface area contributed by atoms with Gasteiger partial charge in [-0.25, -0.2) is 26.9 Å². The molecule has 1 amide bonds. The maximum atomic E-state index is 12.5. The number of aromatic amines is 1. The third-order valence-corrected chi connectivity index (χ3v) is 5.23. The minimum Gasteiger partial charge on any atom is -0.360 e. The number of aromatic nitrogens is 2. The number of hydrogen-bond donors (Lipinski definition) is 2. The zero-order chi connectivity index (χ0) is 16.6. The molecule has 0 saturated heterocycles. The lowest BCUT2D eigenvalue weighted by atomic mass is 10.2. The highest BCUT2D eigenvalue weighted by atomic mass is 32.2. The Kier molecular flexibility index (Phi) is 3.86. The predicted molar refractivity (Wildman–Crippen MR) is 80.0 cm³/mol. The summed E-state index contributed by atoms with van der Waals surface area (Å²) in [6.07, 6.45) is -1.56. The third-order valence-electron chi connectivity index (χ3n) is 3.01. The predicted octanol–water partition coefficient (Wildman–Crippen LogP) is 2.68. The minimum atomic E-state index is -4.16. The van der Waals surface area contributed by atoms with E-state index >= 15 is 0 Å². The molecule has 1 aromatic carbocycles. The van der Waals surface area contributed by atoms with E-state index in [2.05, 4.69) is 9.97 Å². The maximum absolute atomic E-state index is 12.5. The zero-order valence-corrected chi connectivity index (χ0v) is 12.9. The lowest BCUT2D eigenvalue weighted by Gasteiger charge is -2.04. The summed E-state index contributed by atoms with van der Waals surface area (Å²) in [5.41, 5.74) is 0.225. The summed E-state index contributed by atoms with van der Waals surface area (Å²) in [4.78, 5) is 18.0. The van der Waals surface area contributed by atoms with Crippen LogP contribution in [0.5, 0.6) is 0 Å². The van der Waals surface area contributed by atoms with Crippen LogP contribution < -0.4 is 4.72 Å². The van der Waals surface area contributed by atoms with Gasteiger partial charge >= 0.3 is 0 Å². The Morgan fingerprint density at radius 1 is 1.30 bits per heavy atom. The lowest BCUT2D eigenvalue weighted by Crippen LogP contribution is -2.30. The smallest absolute Gasteiger partial charge is 0.289 e. The average Bonchev–Trinajstić information content (AvgIpc) is 3.14. The molecule has 0 spiro atoms. The van der Waals surface area contributed by atoms with Gasteiger partial charge in [0.15, 0.2) is 5.01 Å². The van der Waals surface area contributed by atoms with E-state index in [0.29, 0.717) is 22.2 Å². The number of carbonyl (C=O) groups is 1. The first-order chi connectivity index (χ1) is 10.9. The Morgan fingerprint density at radius 2 is 2.04 bits per heavy atom. The fourth-order valence-electron chi connectivity index (χ4n) is 1.99. The number of H-pyrrole nitrogens is 1. The van der Waals surface area contributed by atoms with Crippen molar-refractivity contribution in [2.75, 3.05) is 0 Å². The Balaban J connectivity index is 1.90. The van der Waals surface area contributed by atoms with Crippen LogP contribution in [0.15, 0.2) is 40.7 Å². The first-order valence-corrected chi connectivity index (χ1v) is 8.61. The van der Waals surface area contributed by atoms with Gasteiger partial charge in [0.2, 0.25) is 0 Å². The molecule has 2 N–H and O–H groups in total. The van der Waals surface area contributed by atoms with E-state index < -0.39 is 27.4 Å². The molecule has 3 aromatic rings. The lowest BCUT2D eigenvalue weighted by molar-refractivity contribution is 0.0976. The summed E-state index contributed by atoms with van der Waals surface area (Å²) in [5, 5.41) is 0.959. The van der Waals surface area contributed by atoms with Crippen LogP contribution in [0.4, 0.5) is 8.78 Å². The molecule has 0 atom stereocenters. The Hall–Kier alpha value is -2.33. The van der Waals surface area contributed by atoms with Crippen molar-refractivity contribution < 1.29 is 22.0 Å². The van der Waals surface area contributed by atoms with Crippen LogP contribution in [-0.2, 0) is 10.0 Å². The highest BCUT2D eigenvalue weighted by Crippen LogP contribution is 2.24. The number of halogens is 2. The summed E-state index contributed by atoms with van der Waals surface area (Å²) < 4.78 is 51.4. The summed E-state index contributed by atoms with van der Waals surface area (Å²) in [6.45, 7) is 0. The van der Waals surface area contributed by atoms with Crippen LogP contribution in [-0.4, -0.2) is 24.3 Å². The molecular formula is C13H9F2N3O3S2. The molecule has 0 aliphatic rings. The molecule has 23 heavy (non-hydrogen) atoms. The summed E-state index contributed by atoms with van der Waals surface area (Å²) in [6, 6.07) is 6.66. The Bertz CT molecular complexity index is 979. The van der Waals surface area contributed by atoms with E-state index in [1.165, 1.54) is 6.20 Å². The van der Waals surface area contributed by atoms with Gasteiger partial charge in [-0.2, -0.15) is 0 Å². The van der Waals surface area contributed by atoms with E-state index in [0.717, 1.165) is 5.38 Å². The van der Waals surface area contributed by atoms with Crippen LogP contribution >= 0.6 is 11.3 Å². The van der Waals surface area contributed by atoms with Crippen molar-refractivity contribution in [1.82, 2.24) is 14.7 Å². The van der Waals surface area contributed by atoms with Crippen molar-refractivity contribution in [3.8, 4) is 0 Å². The number of sulfonamides is 1. The van der Waals surface area contributed by atoms with Crippen LogP contribution in [0.1, 0.15) is 21.9 Å². The number of benzene rings is 1. The van der Waals surface area contributed by atoms with Crippen molar-refractivity contribution in [3.63, 3.8) is 0 Å². The number of fused-ring (bicyclic) bond motifs is 1. The highest BCUT2D eigenvalue weighted by molar-refractivity contribution is 7.90. The van der Waals surface area contributed by atoms with Crippen LogP contribution in [0.3, 0.4) is 0 Å². The number of carbonyl (C=O) groups excluding carboxylic acids is 1. The summed E-state index contributed by atoms with van der Waals surface area (Å²) in [5.74, 6) is -1.06. The number of para-hydroxylation sites is 1. The third kappa shape index (κ3) is 2.94. The van der Waals surface area contributed by atoms with Gasteiger partial charge in [-0.05, 0) is 6.07 Å². The van der Waals surface area contributed by atoms with Crippen LogP contribution in [0.2, 0.25) is 0 Å². The van der Waals surface area contributed by atoms with Crippen molar-refractivity contribution in [1.29, 1.82) is 0 Å². The van der Waals surface area contributed by atoms with Gasteiger partial charge < -0.3 is 4.98 Å². The number of nitrogens with one attached hydrogen (secondary N) is 2. The standard InChI is InChI=1S/C13H9F2N3O3S2/c14-11(15)13-17-9(6-22-13)12(19)18-23(20,21)10-5-16-8-4-2-1-3-7(8)10/h1-6,11,16H,(H,18,19). The average molecular weight is 357 g/mol. The first kappa shape index (κ1) is 15.6. The van der Waals surface area contributed by atoms with Gasteiger partial charge in [-0.3, -0.25) is 4.79 Å². The van der Waals surface area contributed by atoms with E-state index in [-0.39, 0.29) is 10.6 Å². The molecule has 0 saturated carbocycles. The van der Waals surface area contributed by atoms with Crippen molar-refractivity contribution >= 4 is 38.2 Å². The second-order valence-electron chi connectivity index (χ2n) is 4.50. The molecule has 2 aromatic heterocycles. The van der Waals surface area contributed by atoms with Gasteiger partial charge in [0.05, 0.1) is 0 Å². The molecule has 2 heterocycles. The first-order valence-electron chi connectivity index (χ1n) is 6.25. The maximum Gasteiger partial charge on any atom is 0.289 e. The van der Waals surface area contributed by atoms with Gasteiger partial charge in [0.25, 0.3) is 22.4 Å². The van der Waals surface area contributed by atoms with Gasteiger partial charge in [-0.1, -0.05) is 18.2 Å². The van der Waals surface area contributed by atoms with Gasteiger partial charge in [-0.15, -0.1) is 11.3 Å². The molecule has 0 aliphatic carbocycles. The van der Waals surface area contributed by atoms with Crippen molar-refractivity contribution in [2.24, 2.45) is 0 Å². The number of hydrogen-bond acceptors (Lipinski definition) is 5. The highest BCUT2D eigenvalue weighted by Gasteiger charge is 2.24. The Labute approximate surface area is 133 Å². The van der Waals surface area contributed by atoms with E-state index in [9.17, 15) is 22.0 Å². The molecular weight excluding hydrogens is 348 g/mol. The van der Waals surface area contributed by atoms with Gasteiger partial charge in [0.1, 0.15) is 10.6 Å². The monoisotopic (exact) mass is 357 g/mol. The molecule has 0 unspecified atom stereocenters. The molecule has 3 rings (SSSR count). The number of thiazole rings is 1. The van der Waals surface area contributed by atoms with Crippen LogP contribution in [0, 0.1) is 0 Å². The Morgan fingerprint density at radius 3 is 2.74 bits per heavy atom.